The number of carbonyl (C=O) groups is 1. The Bertz CT molecular complexity index is 1140. The molecule has 3 aromatic heterocycles. The predicted octanol–water partition coefficient (Wildman–Crippen LogP) is 4.70. The summed E-state index contributed by atoms with van der Waals surface area (Å²) in [6.45, 7) is 1.91. The predicted molar refractivity (Wildman–Crippen MR) is 102 cm³/mol. The summed E-state index contributed by atoms with van der Waals surface area (Å²) in [6, 6.07) is 15.8. The summed E-state index contributed by atoms with van der Waals surface area (Å²) < 4.78 is 1.98. The summed E-state index contributed by atoms with van der Waals surface area (Å²) in [5, 5.41) is 12.3. The Labute approximate surface area is 152 Å². The van der Waals surface area contributed by atoms with Gasteiger partial charge < -0.3 is 0 Å². The third kappa shape index (κ3) is 2.72. The largest absolute Gasteiger partial charge is 0.292 e. The number of ketones is 1. The van der Waals surface area contributed by atoms with Gasteiger partial charge in [0.2, 0.25) is 0 Å². The molecule has 0 fully saturated rings. The maximum Gasteiger partial charge on any atom is 0.183 e. The van der Waals surface area contributed by atoms with Gasteiger partial charge in [0.1, 0.15) is 6.07 Å². The van der Waals surface area contributed by atoms with E-state index in [1.807, 2.05) is 59.2 Å². The van der Waals surface area contributed by atoms with Crippen LogP contribution in [0.1, 0.15) is 20.8 Å². The molecule has 0 spiro atoms. The van der Waals surface area contributed by atoms with Crippen LogP contribution in [0.5, 0.6) is 0 Å². The van der Waals surface area contributed by atoms with Crippen molar-refractivity contribution in [3.05, 3.63) is 63.8 Å². The van der Waals surface area contributed by atoms with Crippen molar-refractivity contribution in [2.75, 3.05) is 5.75 Å². The van der Waals surface area contributed by atoms with E-state index in [0.29, 0.717) is 17.0 Å². The molecule has 0 aliphatic rings. The van der Waals surface area contributed by atoms with E-state index < -0.39 is 0 Å². The van der Waals surface area contributed by atoms with Crippen molar-refractivity contribution in [2.24, 2.45) is 0 Å². The van der Waals surface area contributed by atoms with Gasteiger partial charge in [0, 0.05) is 0 Å². The van der Waals surface area contributed by atoms with Gasteiger partial charge in [-0.3, -0.25) is 9.20 Å². The van der Waals surface area contributed by atoms with Crippen LogP contribution in [0.4, 0.5) is 0 Å². The molecule has 4 rings (SSSR count). The van der Waals surface area contributed by atoms with E-state index in [4.69, 9.17) is 0 Å². The Balaban J connectivity index is 1.83. The van der Waals surface area contributed by atoms with Gasteiger partial charge in [-0.2, -0.15) is 5.26 Å². The number of thiophene rings is 1. The number of para-hydroxylation sites is 2. The van der Waals surface area contributed by atoms with Gasteiger partial charge in [0.25, 0.3) is 0 Å². The summed E-state index contributed by atoms with van der Waals surface area (Å²) >= 11 is 2.94. The standard InChI is InChI=1S/C19H13N3OS2/c1-12-9-18(25-11-16(23)17-7-4-8-24-17)22-15-6-3-2-5-14(15)21-19(22)13(12)10-20/h2-9H,11H2,1H3. The smallest absolute Gasteiger partial charge is 0.183 e. The lowest BCUT2D eigenvalue weighted by molar-refractivity contribution is 0.102. The molecule has 0 saturated carbocycles. The Morgan fingerprint density at radius 2 is 2.16 bits per heavy atom. The second kappa shape index (κ2) is 6.36. The number of thioether (sulfide) groups is 1. The van der Waals surface area contributed by atoms with E-state index in [9.17, 15) is 10.1 Å². The first-order valence-corrected chi connectivity index (χ1v) is 9.56. The van der Waals surface area contributed by atoms with Gasteiger partial charge in [0.05, 0.1) is 32.3 Å². The number of hydrogen-bond donors (Lipinski definition) is 0. The molecule has 0 unspecified atom stereocenters. The first kappa shape index (κ1) is 15.9. The molecule has 0 bridgehead atoms. The molecule has 1 aromatic carbocycles. The molecular weight excluding hydrogens is 350 g/mol. The molecule has 0 aliphatic heterocycles. The highest BCUT2D eigenvalue weighted by molar-refractivity contribution is 8.00. The van der Waals surface area contributed by atoms with Crippen LogP contribution >= 0.6 is 23.1 Å². The highest BCUT2D eigenvalue weighted by atomic mass is 32.2. The number of hydrogen-bond acceptors (Lipinski definition) is 5. The Hall–Kier alpha value is -2.62. The normalized spacial score (nSPS) is 11.0. The molecule has 4 nitrogen and oxygen atoms in total. The van der Waals surface area contributed by atoms with Crippen molar-refractivity contribution in [2.45, 2.75) is 11.9 Å². The molecule has 0 radical (unpaired) electrons. The summed E-state index contributed by atoms with van der Waals surface area (Å²) in [5.41, 5.74) is 3.88. The van der Waals surface area contributed by atoms with E-state index in [-0.39, 0.29) is 5.78 Å². The summed E-state index contributed by atoms with van der Waals surface area (Å²) in [4.78, 5) is 17.7. The number of nitrogens with zero attached hydrogens (tertiary/aromatic N) is 3. The Morgan fingerprint density at radius 1 is 1.32 bits per heavy atom. The molecule has 25 heavy (non-hydrogen) atoms. The zero-order chi connectivity index (χ0) is 17.4. The first-order valence-electron chi connectivity index (χ1n) is 7.69. The Morgan fingerprint density at radius 3 is 2.92 bits per heavy atom. The van der Waals surface area contributed by atoms with Crippen LogP contribution in [0.15, 0.2) is 52.9 Å². The maximum atomic E-state index is 12.3. The molecule has 3 heterocycles. The van der Waals surface area contributed by atoms with Gasteiger partial charge in [-0.05, 0) is 42.1 Å². The van der Waals surface area contributed by atoms with Gasteiger partial charge >= 0.3 is 0 Å². The number of carbonyl (C=O) groups excluding carboxylic acids is 1. The molecule has 0 atom stereocenters. The van der Waals surface area contributed by atoms with E-state index in [1.165, 1.54) is 23.1 Å². The van der Waals surface area contributed by atoms with E-state index in [0.717, 1.165) is 26.5 Å². The number of rotatable bonds is 4. The van der Waals surface area contributed by atoms with Crippen LogP contribution in [0, 0.1) is 18.3 Å². The van der Waals surface area contributed by atoms with Crippen molar-refractivity contribution in [1.82, 2.24) is 9.38 Å². The summed E-state index contributed by atoms with van der Waals surface area (Å²) in [6.07, 6.45) is 0. The summed E-state index contributed by atoms with van der Waals surface area (Å²) in [5.74, 6) is 0.465. The monoisotopic (exact) mass is 363 g/mol. The minimum absolute atomic E-state index is 0.111. The van der Waals surface area contributed by atoms with Crippen LogP contribution in [0.25, 0.3) is 16.7 Å². The molecule has 6 heteroatoms. The number of pyridine rings is 1. The number of Topliss-reactive ketones (excluding diaryl/α,β-unsaturated/α-hetero) is 1. The maximum absolute atomic E-state index is 12.3. The molecule has 0 amide bonds. The quantitative estimate of drug-likeness (QED) is 0.389. The van der Waals surface area contributed by atoms with Crippen LogP contribution in [0.2, 0.25) is 0 Å². The third-order valence-electron chi connectivity index (χ3n) is 4.00. The number of nitriles is 1. The molecule has 0 N–H and O–H groups in total. The van der Waals surface area contributed by atoms with Crippen molar-refractivity contribution < 1.29 is 4.79 Å². The lowest BCUT2D eigenvalue weighted by Crippen LogP contribution is -2.02. The van der Waals surface area contributed by atoms with Crippen LogP contribution in [-0.4, -0.2) is 20.9 Å². The van der Waals surface area contributed by atoms with Gasteiger partial charge in [-0.25, -0.2) is 4.98 Å². The van der Waals surface area contributed by atoms with E-state index in [1.54, 1.807) is 0 Å². The second-order valence-electron chi connectivity index (χ2n) is 5.60. The average molecular weight is 363 g/mol. The van der Waals surface area contributed by atoms with E-state index in [2.05, 4.69) is 11.1 Å². The number of aryl methyl sites for hydroxylation is 1. The van der Waals surface area contributed by atoms with Gasteiger partial charge in [-0.15, -0.1) is 11.3 Å². The number of fused-ring (bicyclic) bond motifs is 3. The topological polar surface area (TPSA) is 58.2 Å². The van der Waals surface area contributed by atoms with E-state index >= 15 is 0 Å². The molecule has 122 valence electrons. The lowest BCUT2D eigenvalue weighted by atomic mass is 10.2. The van der Waals surface area contributed by atoms with Crippen molar-refractivity contribution >= 4 is 45.6 Å². The van der Waals surface area contributed by atoms with Gasteiger partial charge in [-0.1, -0.05) is 30.0 Å². The van der Waals surface area contributed by atoms with Gasteiger partial charge in [0.15, 0.2) is 11.4 Å². The third-order valence-corrected chi connectivity index (χ3v) is 5.91. The first-order chi connectivity index (χ1) is 12.2. The Kier molecular flexibility index (Phi) is 4.04. The van der Waals surface area contributed by atoms with Crippen molar-refractivity contribution in [1.29, 1.82) is 5.26 Å². The van der Waals surface area contributed by atoms with Crippen LogP contribution in [-0.2, 0) is 0 Å². The fourth-order valence-electron chi connectivity index (χ4n) is 2.81. The highest BCUT2D eigenvalue weighted by Crippen LogP contribution is 2.30. The lowest BCUT2D eigenvalue weighted by Gasteiger charge is -2.09. The molecule has 4 aromatic rings. The number of benzene rings is 1. The van der Waals surface area contributed by atoms with Crippen LogP contribution in [0.3, 0.4) is 0 Å². The molecule has 0 saturated heterocycles. The number of aromatic nitrogens is 2. The highest BCUT2D eigenvalue weighted by Gasteiger charge is 2.16. The molecule has 0 aliphatic carbocycles. The van der Waals surface area contributed by atoms with Crippen LogP contribution < -0.4 is 0 Å². The molecular formula is C19H13N3OS2. The SMILES string of the molecule is Cc1cc(SCC(=O)c2cccs2)n2c(nc3ccccc32)c1C#N. The fraction of sp³-hybridized carbons (Fsp3) is 0.105. The second-order valence-corrected chi connectivity index (χ2v) is 7.54. The summed E-state index contributed by atoms with van der Waals surface area (Å²) in [7, 11) is 0. The average Bonchev–Trinajstić information content (AvgIpc) is 3.27. The fourth-order valence-corrected chi connectivity index (χ4v) is 4.57. The zero-order valence-corrected chi connectivity index (χ0v) is 15.0. The van der Waals surface area contributed by atoms with Crippen molar-refractivity contribution in [3.8, 4) is 6.07 Å². The zero-order valence-electron chi connectivity index (χ0n) is 13.4. The minimum atomic E-state index is 0.111. The number of imidazole rings is 1. The van der Waals surface area contributed by atoms with Crippen molar-refractivity contribution in [3.63, 3.8) is 0 Å². The minimum Gasteiger partial charge on any atom is -0.292 e.